The molecule has 0 aliphatic carbocycles. The zero-order valence-corrected chi connectivity index (χ0v) is 16.2. The zero-order valence-electron chi connectivity index (χ0n) is 15.5. The van der Waals surface area contributed by atoms with Crippen molar-refractivity contribution in [3.63, 3.8) is 0 Å². The molecule has 1 aliphatic rings. The second kappa shape index (κ2) is 6.82. The first kappa shape index (κ1) is 17.7. The normalized spacial score (nSPS) is 17.0. The summed E-state index contributed by atoms with van der Waals surface area (Å²) in [5, 5.41) is 4.80. The Bertz CT molecular complexity index is 1030. The Morgan fingerprint density at radius 2 is 1.89 bits per heavy atom. The molecule has 0 radical (unpaired) electrons. The van der Waals surface area contributed by atoms with Crippen LogP contribution in [0.4, 0.5) is 5.69 Å². The Balaban J connectivity index is 1.57. The van der Waals surface area contributed by atoms with E-state index in [1.807, 2.05) is 37.3 Å². The van der Waals surface area contributed by atoms with Gasteiger partial charge in [0.1, 0.15) is 0 Å². The molecule has 6 heteroatoms. The zero-order chi connectivity index (χ0) is 19.1. The van der Waals surface area contributed by atoms with Gasteiger partial charge in [0.25, 0.3) is 5.89 Å². The highest BCUT2D eigenvalue weighted by atomic mass is 35.5. The number of carbonyl (C=O) groups is 1. The fraction of sp³-hybridized carbons (Fsp3) is 0.286. The van der Waals surface area contributed by atoms with E-state index in [-0.39, 0.29) is 11.8 Å². The summed E-state index contributed by atoms with van der Waals surface area (Å²) in [6, 6.07) is 11.6. The van der Waals surface area contributed by atoms with Crippen LogP contribution < -0.4 is 4.90 Å². The summed E-state index contributed by atoms with van der Waals surface area (Å²) in [5.74, 6) is 1.03. The Kier molecular flexibility index (Phi) is 4.48. The standard InChI is InChI=1S/C21H20ClN3O2/c1-12-4-5-15(8-13(12)2)21-23-20(24-27-21)16-10-19(26)25(11-16)18-7-6-17(22)9-14(18)3/h4-9,16H,10-11H2,1-3H3. The van der Waals surface area contributed by atoms with Gasteiger partial charge in [0, 0.05) is 35.2 Å². The van der Waals surface area contributed by atoms with Gasteiger partial charge in [0.2, 0.25) is 5.91 Å². The number of amides is 1. The first-order valence-corrected chi connectivity index (χ1v) is 9.28. The van der Waals surface area contributed by atoms with Crippen molar-refractivity contribution in [1.29, 1.82) is 0 Å². The van der Waals surface area contributed by atoms with Gasteiger partial charge in [-0.15, -0.1) is 0 Å². The van der Waals surface area contributed by atoms with E-state index in [0.29, 0.717) is 29.7 Å². The topological polar surface area (TPSA) is 59.2 Å². The van der Waals surface area contributed by atoms with Gasteiger partial charge < -0.3 is 9.42 Å². The minimum absolute atomic E-state index is 0.0583. The Morgan fingerprint density at radius 1 is 1.07 bits per heavy atom. The molecule has 138 valence electrons. The van der Waals surface area contributed by atoms with E-state index in [0.717, 1.165) is 16.8 Å². The lowest BCUT2D eigenvalue weighted by molar-refractivity contribution is -0.117. The molecule has 1 aromatic heterocycles. The molecule has 1 unspecified atom stereocenters. The number of hydrogen-bond donors (Lipinski definition) is 0. The maximum Gasteiger partial charge on any atom is 0.257 e. The van der Waals surface area contributed by atoms with Gasteiger partial charge in [-0.2, -0.15) is 4.98 Å². The Morgan fingerprint density at radius 3 is 2.63 bits per heavy atom. The van der Waals surface area contributed by atoms with Gasteiger partial charge in [-0.1, -0.05) is 22.8 Å². The Labute approximate surface area is 163 Å². The molecule has 0 bridgehead atoms. The summed E-state index contributed by atoms with van der Waals surface area (Å²) < 4.78 is 5.47. The molecule has 2 aromatic carbocycles. The molecular weight excluding hydrogens is 362 g/mol. The van der Waals surface area contributed by atoms with Gasteiger partial charge in [0.05, 0.1) is 0 Å². The summed E-state index contributed by atoms with van der Waals surface area (Å²) in [4.78, 5) is 18.9. The first-order chi connectivity index (χ1) is 12.9. The van der Waals surface area contributed by atoms with Gasteiger partial charge in [-0.3, -0.25) is 4.79 Å². The first-order valence-electron chi connectivity index (χ1n) is 8.90. The molecule has 0 spiro atoms. The molecule has 0 N–H and O–H groups in total. The monoisotopic (exact) mass is 381 g/mol. The van der Waals surface area contributed by atoms with E-state index in [9.17, 15) is 4.79 Å². The average Bonchev–Trinajstić information content (AvgIpc) is 3.25. The fourth-order valence-electron chi connectivity index (χ4n) is 3.43. The molecule has 3 aromatic rings. The number of anilines is 1. The van der Waals surface area contributed by atoms with Crippen LogP contribution in [0.5, 0.6) is 0 Å². The van der Waals surface area contributed by atoms with Crippen molar-refractivity contribution < 1.29 is 9.32 Å². The summed E-state index contributed by atoms with van der Waals surface area (Å²) in [5.41, 5.74) is 5.14. The van der Waals surface area contributed by atoms with E-state index in [1.54, 1.807) is 11.0 Å². The van der Waals surface area contributed by atoms with Crippen molar-refractivity contribution >= 4 is 23.2 Å². The fourth-order valence-corrected chi connectivity index (χ4v) is 3.65. The summed E-state index contributed by atoms with van der Waals surface area (Å²) in [7, 11) is 0. The molecule has 4 rings (SSSR count). The van der Waals surface area contributed by atoms with Gasteiger partial charge >= 0.3 is 0 Å². The van der Waals surface area contributed by atoms with Crippen LogP contribution in [0.25, 0.3) is 11.5 Å². The molecule has 1 atom stereocenters. The molecular formula is C21H20ClN3O2. The van der Waals surface area contributed by atoms with Crippen molar-refractivity contribution in [3.05, 3.63) is 63.9 Å². The van der Waals surface area contributed by atoms with Crippen LogP contribution >= 0.6 is 11.6 Å². The molecule has 0 saturated carbocycles. The van der Waals surface area contributed by atoms with Crippen molar-refractivity contribution in [2.75, 3.05) is 11.4 Å². The molecule has 1 saturated heterocycles. The van der Waals surface area contributed by atoms with Crippen LogP contribution in [-0.4, -0.2) is 22.6 Å². The number of halogens is 1. The SMILES string of the molecule is Cc1ccc(-c2nc(C3CC(=O)N(c4ccc(Cl)cc4C)C3)no2)cc1C. The third kappa shape index (κ3) is 3.35. The third-order valence-corrected chi connectivity index (χ3v) is 5.37. The van der Waals surface area contributed by atoms with Gasteiger partial charge in [-0.25, -0.2) is 0 Å². The lowest BCUT2D eigenvalue weighted by Gasteiger charge is -2.18. The summed E-state index contributed by atoms with van der Waals surface area (Å²) >= 11 is 6.03. The highest BCUT2D eigenvalue weighted by molar-refractivity contribution is 6.30. The average molecular weight is 382 g/mol. The minimum atomic E-state index is -0.0865. The van der Waals surface area contributed by atoms with E-state index in [4.69, 9.17) is 16.1 Å². The van der Waals surface area contributed by atoms with Gasteiger partial charge in [-0.05, 0) is 67.8 Å². The predicted octanol–water partition coefficient (Wildman–Crippen LogP) is 4.84. The maximum absolute atomic E-state index is 12.6. The molecule has 1 fully saturated rings. The second-order valence-corrected chi connectivity index (χ2v) is 7.53. The van der Waals surface area contributed by atoms with Crippen LogP contribution in [0.15, 0.2) is 40.9 Å². The van der Waals surface area contributed by atoms with E-state index >= 15 is 0 Å². The van der Waals surface area contributed by atoms with Crippen molar-refractivity contribution in [3.8, 4) is 11.5 Å². The second-order valence-electron chi connectivity index (χ2n) is 7.09. The lowest BCUT2D eigenvalue weighted by Crippen LogP contribution is -2.25. The van der Waals surface area contributed by atoms with Crippen LogP contribution in [0.3, 0.4) is 0 Å². The minimum Gasteiger partial charge on any atom is -0.334 e. The number of hydrogen-bond acceptors (Lipinski definition) is 4. The smallest absolute Gasteiger partial charge is 0.257 e. The summed E-state index contributed by atoms with van der Waals surface area (Å²) in [6.07, 6.45) is 0.369. The Hall–Kier alpha value is -2.66. The van der Waals surface area contributed by atoms with Gasteiger partial charge in [0.15, 0.2) is 5.82 Å². The predicted molar refractivity (Wildman–Crippen MR) is 105 cm³/mol. The number of benzene rings is 2. The van der Waals surface area contributed by atoms with Crippen molar-refractivity contribution in [1.82, 2.24) is 10.1 Å². The highest BCUT2D eigenvalue weighted by Crippen LogP contribution is 2.34. The lowest BCUT2D eigenvalue weighted by atomic mass is 10.1. The van der Waals surface area contributed by atoms with Crippen molar-refractivity contribution in [2.24, 2.45) is 0 Å². The van der Waals surface area contributed by atoms with Crippen LogP contribution in [-0.2, 0) is 4.79 Å². The number of carbonyl (C=O) groups excluding carboxylic acids is 1. The molecule has 27 heavy (non-hydrogen) atoms. The number of nitrogens with zero attached hydrogens (tertiary/aromatic N) is 3. The third-order valence-electron chi connectivity index (χ3n) is 5.14. The van der Waals surface area contributed by atoms with Crippen LogP contribution in [0.1, 0.15) is 34.9 Å². The molecule has 5 nitrogen and oxygen atoms in total. The summed E-state index contributed by atoms with van der Waals surface area (Å²) in [6.45, 7) is 6.61. The van der Waals surface area contributed by atoms with Crippen molar-refractivity contribution in [2.45, 2.75) is 33.1 Å². The number of rotatable bonds is 3. The van der Waals surface area contributed by atoms with E-state index in [2.05, 4.69) is 24.0 Å². The number of aryl methyl sites for hydroxylation is 3. The highest BCUT2D eigenvalue weighted by Gasteiger charge is 2.35. The molecule has 1 amide bonds. The number of aromatic nitrogens is 2. The van der Waals surface area contributed by atoms with Crippen LogP contribution in [0, 0.1) is 20.8 Å². The molecule has 2 heterocycles. The van der Waals surface area contributed by atoms with Crippen LogP contribution in [0.2, 0.25) is 5.02 Å². The quantitative estimate of drug-likeness (QED) is 0.651. The van der Waals surface area contributed by atoms with E-state index < -0.39 is 0 Å². The molecule has 1 aliphatic heterocycles. The van der Waals surface area contributed by atoms with E-state index in [1.165, 1.54) is 11.1 Å². The maximum atomic E-state index is 12.6. The largest absolute Gasteiger partial charge is 0.334 e.